The van der Waals surface area contributed by atoms with Crippen molar-refractivity contribution in [2.24, 2.45) is 0 Å². The molecule has 0 aliphatic carbocycles. The van der Waals surface area contributed by atoms with Crippen molar-refractivity contribution in [3.05, 3.63) is 64.8 Å². The number of benzene rings is 2. The number of nitrogens with one attached hydrogen (secondary N) is 1. The molecule has 0 atom stereocenters. The van der Waals surface area contributed by atoms with Gasteiger partial charge in [-0.15, -0.1) is 11.3 Å². The van der Waals surface area contributed by atoms with E-state index in [0.29, 0.717) is 26.8 Å². The topological polar surface area (TPSA) is 104 Å². The van der Waals surface area contributed by atoms with Gasteiger partial charge in [0.25, 0.3) is 5.89 Å². The predicted molar refractivity (Wildman–Crippen MR) is 114 cm³/mol. The van der Waals surface area contributed by atoms with E-state index >= 15 is 0 Å². The van der Waals surface area contributed by atoms with E-state index in [-0.39, 0.29) is 29.9 Å². The fraction of sp³-hybridized carbons (Fsp3) is 0.143. The average Bonchev–Trinajstić information content (AvgIpc) is 3.51. The van der Waals surface area contributed by atoms with E-state index in [1.807, 2.05) is 0 Å². The maximum absolute atomic E-state index is 13.5. The minimum atomic E-state index is -3.79. The Balaban J connectivity index is 1.36. The second kappa shape index (κ2) is 8.01. The van der Waals surface area contributed by atoms with Crippen LogP contribution in [0.4, 0.5) is 4.39 Å². The summed E-state index contributed by atoms with van der Waals surface area (Å²) in [5, 5.41) is 3.88. The first kappa shape index (κ1) is 20.6. The van der Waals surface area contributed by atoms with Crippen molar-refractivity contribution >= 4 is 21.4 Å². The van der Waals surface area contributed by atoms with Gasteiger partial charge in [-0.1, -0.05) is 23.4 Å². The molecule has 0 spiro atoms. The Bertz CT molecular complexity index is 1410. The Labute approximate surface area is 186 Å². The van der Waals surface area contributed by atoms with Crippen LogP contribution in [0.25, 0.3) is 22.2 Å². The lowest BCUT2D eigenvalue weighted by Crippen LogP contribution is -2.23. The molecule has 32 heavy (non-hydrogen) atoms. The Morgan fingerprint density at radius 3 is 2.81 bits per heavy atom. The van der Waals surface area contributed by atoms with Crippen LogP contribution in [0.1, 0.15) is 10.4 Å². The van der Waals surface area contributed by atoms with Crippen LogP contribution in [-0.4, -0.2) is 25.4 Å². The smallest absolute Gasteiger partial charge is 0.268 e. The Hall–Kier alpha value is -3.28. The third-order valence-electron chi connectivity index (χ3n) is 4.78. The molecule has 3 heterocycles. The number of thiophene rings is 1. The molecule has 0 fully saturated rings. The van der Waals surface area contributed by atoms with Crippen LogP contribution in [0.2, 0.25) is 0 Å². The molecule has 1 N–H and O–H groups in total. The number of nitrogens with zero attached hydrogens (tertiary/aromatic N) is 2. The molecule has 11 heteroatoms. The standard InChI is InChI=1S/C21H16FN3O5S2/c1-12-19(32(26,27)23-10-13-5-6-16-17(7-13)29-11-28-16)9-18(31-12)21-24-20(25-30-21)14-3-2-4-15(22)8-14/h2-9,23H,10-11H2,1H3. The van der Waals surface area contributed by atoms with Crippen molar-refractivity contribution in [3.8, 4) is 33.7 Å². The summed E-state index contributed by atoms with van der Waals surface area (Å²) in [6, 6.07) is 12.6. The Morgan fingerprint density at radius 2 is 1.97 bits per heavy atom. The third-order valence-corrected chi connectivity index (χ3v) is 7.48. The first-order valence-electron chi connectivity index (χ1n) is 9.48. The fourth-order valence-corrected chi connectivity index (χ4v) is 5.74. The van der Waals surface area contributed by atoms with Crippen LogP contribution in [0.5, 0.6) is 11.5 Å². The van der Waals surface area contributed by atoms with E-state index < -0.39 is 15.8 Å². The van der Waals surface area contributed by atoms with Gasteiger partial charge in [0, 0.05) is 17.0 Å². The number of rotatable bonds is 6. The minimum absolute atomic E-state index is 0.0911. The molecule has 4 aromatic rings. The van der Waals surface area contributed by atoms with E-state index in [2.05, 4.69) is 14.9 Å². The van der Waals surface area contributed by atoms with Gasteiger partial charge in [0.05, 0.1) is 9.77 Å². The summed E-state index contributed by atoms with van der Waals surface area (Å²) in [5.41, 5.74) is 1.20. The predicted octanol–water partition coefficient (Wildman–Crippen LogP) is 4.12. The summed E-state index contributed by atoms with van der Waals surface area (Å²) < 4.78 is 57.7. The number of hydrogen-bond donors (Lipinski definition) is 1. The molecule has 2 aromatic heterocycles. The highest BCUT2D eigenvalue weighted by Gasteiger charge is 2.23. The lowest BCUT2D eigenvalue weighted by Gasteiger charge is -2.07. The van der Waals surface area contributed by atoms with Crippen LogP contribution in [0.15, 0.2) is 57.9 Å². The monoisotopic (exact) mass is 473 g/mol. The van der Waals surface area contributed by atoms with Gasteiger partial charge in [0.15, 0.2) is 11.5 Å². The van der Waals surface area contributed by atoms with Crippen molar-refractivity contribution in [3.63, 3.8) is 0 Å². The molecule has 0 amide bonds. The molecule has 0 radical (unpaired) electrons. The highest BCUT2D eigenvalue weighted by Crippen LogP contribution is 2.35. The molecule has 0 bridgehead atoms. The summed E-state index contributed by atoms with van der Waals surface area (Å²) in [4.78, 5) is 5.48. The van der Waals surface area contributed by atoms with Gasteiger partial charge in [-0.05, 0) is 42.8 Å². The summed E-state index contributed by atoms with van der Waals surface area (Å²) in [5.74, 6) is 1.18. The van der Waals surface area contributed by atoms with Crippen LogP contribution >= 0.6 is 11.3 Å². The lowest BCUT2D eigenvalue weighted by molar-refractivity contribution is 0.174. The molecule has 0 saturated heterocycles. The molecular weight excluding hydrogens is 457 g/mol. The summed E-state index contributed by atoms with van der Waals surface area (Å²) in [7, 11) is -3.79. The first-order chi connectivity index (χ1) is 15.4. The zero-order chi connectivity index (χ0) is 22.3. The summed E-state index contributed by atoms with van der Waals surface area (Å²) in [6.07, 6.45) is 0. The fourth-order valence-electron chi connectivity index (χ4n) is 3.21. The van der Waals surface area contributed by atoms with Crippen molar-refractivity contribution < 1.29 is 26.8 Å². The summed E-state index contributed by atoms with van der Waals surface area (Å²) in [6.45, 7) is 1.94. The van der Waals surface area contributed by atoms with Crippen LogP contribution in [0, 0.1) is 12.7 Å². The van der Waals surface area contributed by atoms with Gasteiger partial charge in [0.2, 0.25) is 22.6 Å². The third kappa shape index (κ3) is 3.97. The number of aryl methyl sites for hydroxylation is 1. The van der Waals surface area contributed by atoms with E-state index in [0.717, 1.165) is 5.56 Å². The van der Waals surface area contributed by atoms with Gasteiger partial charge in [0.1, 0.15) is 5.82 Å². The average molecular weight is 474 g/mol. The number of halogens is 1. The van der Waals surface area contributed by atoms with Crippen LogP contribution in [0.3, 0.4) is 0 Å². The largest absolute Gasteiger partial charge is 0.454 e. The van der Waals surface area contributed by atoms with Crippen LogP contribution < -0.4 is 14.2 Å². The number of hydrogen-bond acceptors (Lipinski definition) is 8. The highest BCUT2D eigenvalue weighted by atomic mass is 32.2. The van der Waals surface area contributed by atoms with Gasteiger partial charge in [-0.3, -0.25) is 0 Å². The Morgan fingerprint density at radius 1 is 1.12 bits per heavy atom. The molecular formula is C21H16FN3O5S2. The quantitative estimate of drug-likeness (QED) is 0.449. The maximum atomic E-state index is 13.5. The zero-order valence-corrected chi connectivity index (χ0v) is 18.3. The van der Waals surface area contributed by atoms with Gasteiger partial charge < -0.3 is 14.0 Å². The lowest BCUT2D eigenvalue weighted by atomic mass is 10.2. The highest BCUT2D eigenvalue weighted by molar-refractivity contribution is 7.89. The molecule has 5 rings (SSSR count). The van der Waals surface area contributed by atoms with E-state index in [1.165, 1.54) is 29.5 Å². The van der Waals surface area contributed by atoms with E-state index in [9.17, 15) is 12.8 Å². The van der Waals surface area contributed by atoms with Gasteiger partial charge >= 0.3 is 0 Å². The maximum Gasteiger partial charge on any atom is 0.268 e. The number of fused-ring (bicyclic) bond motifs is 1. The number of aromatic nitrogens is 2. The Kier molecular flexibility index (Phi) is 5.16. The second-order valence-corrected chi connectivity index (χ2v) is 9.97. The van der Waals surface area contributed by atoms with E-state index in [4.69, 9.17) is 14.0 Å². The van der Waals surface area contributed by atoms with E-state index in [1.54, 1.807) is 37.3 Å². The molecule has 8 nitrogen and oxygen atoms in total. The molecule has 0 saturated carbocycles. The van der Waals surface area contributed by atoms with Crippen molar-refractivity contribution in [1.82, 2.24) is 14.9 Å². The summed E-state index contributed by atoms with van der Waals surface area (Å²) >= 11 is 1.22. The molecule has 2 aromatic carbocycles. The number of ether oxygens (including phenoxy) is 2. The van der Waals surface area contributed by atoms with Crippen molar-refractivity contribution in [1.29, 1.82) is 0 Å². The zero-order valence-electron chi connectivity index (χ0n) is 16.7. The van der Waals surface area contributed by atoms with Gasteiger partial charge in [-0.2, -0.15) is 4.98 Å². The van der Waals surface area contributed by atoms with Crippen LogP contribution in [-0.2, 0) is 16.6 Å². The van der Waals surface area contributed by atoms with Crippen molar-refractivity contribution in [2.45, 2.75) is 18.4 Å². The van der Waals surface area contributed by atoms with Crippen molar-refractivity contribution in [2.75, 3.05) is 6.79 Å². The molecule has 1 aliphatic rings. The SMILES string of the molecule is Cc1sc(-c2nc(-c3cccc(F)c3)no2)cc1S(=O)(=O)NCc1ccc2c(c1)OCO2. The molecule has 1 aliphatic heterocycles. The first-order valence-corrected chi connectivity index (χ1v) is 11.8. The number of sulfonamides is 1. The van der Waals surface area contributed by atoms with Gasteiger partial charge in [-0.25, -0.2) is 17.5 Å². The second-order valence-electron chi connectivity index (χ2n) is 6.98. The minimum Gasteiger partial charge on any atom is -0.454 e. The molecule has 0 unspecified atom stereocenters. The molecule has 164 valence electrons. The normalized spacial score (nSPS) is 12.9.